The van der Waals surface area contributed by atoms with Crippen molar-refractivity contribution < 1.29 is 47.6 Å². The van der Waals surface area contributed by atoms with Crippen LogP contribution in [-0.2, 0) is 25.4 Å². The third kappa shape index (κ3) is 13.6. The molecule has 12 heteroatoms. The SMILES string of the molecule is C/C=C/[C@H](O)C(C)(C)[C@@H]1C\C=C/C=C\C=C\[C@H](OC)Cc2nc(co2)C(=O)O[C@H](C(C)(C)[C@@H](O)/C=C/C)C/C=C\O[C@H](C)/C=C/C=C\c2nc(co2)C(=O)O1. The van der Waals surface area contributed by atoms with Crippen molar-refractivity contribution in [1.29, 1.82) is 0 Å². The minimum Gasteiger partial charge on any atom is -0.495 e. The number of carbonyl (C=O) groups excluding carboxylic acids is 2. The second kappa shape index (κ2) is 21.7. The first-order valence-electron chi connectivity index (χ1n) is 18.3. The van der Waals surface area contributed by atoms with Gasteiger partial charge in [-0.2, -0.15) is 0 Å². The number of ether oxygens (including phenoxy) is 4. The molecular formula is C43H56N2O10. The van der Waals surface area contributed by atoms with Crippen molar-refractivity contribution in [3.63, 3.8) is 0 Å². The molecule has 0 aliphatic carbocycles. The van der Waals surface area contributed by atoms with E-state index >= 15 is 0 Å². The van der Waals surface area contributed by atoms with E-state index < -0.39 is 53.3 Å². The van der Waals surface area contributed by atoms with Crippen LogP contribution in [0.3, 0.4) is 0 Å². The van der Waals surface area contributed by atoms with Crippen LogP contribution in [-0.4, -0.2) is 75.9 Å². The number of rotatable bonds is 7. The Balaban J connectivity index is 1.90. The van der Waals surface area contributed by atoms with Gasteiger partial charge in [-0.3, -0.25) is 0 Å². The molecule has 0 spiro atoms. The van der Waals surface area contributed by atoms with Crippen molar-refractivity contribution in [3.8, 4) is 0 Å². The summed E-state index contributed by atoms with van der Waals surface area (Å²) in [6, 6.07) is 0. The average Bonchev–Trinajstić information content (AvgIpc) is 3.83. The van der Waals surface area contributed by atoms with Gasteiger partial charge < -0.3 is 38.0 Å². The van der Waals surface area contributed by atoms with Crippen molar-refractivity contribution in [1.82, 2.24) is 9.97 Å². The van der Waals surface area contributed by atoms with Gasteiger partial charge in [-0.1, -0.05) is 101 Å². The van der Waals surface area contributed by atoms with Gasteiger partial charge in [0.2, 0.25) is 5.89 Å². The van der Waals surface area contributed by atoms with Crippen LogP contribution in [0.15, 0.2) is 113 Å². The van der Waals surface area contributed by atoms with E-state index in [1.54, 1.807) is 74.8 Å². The maximum absolute atomic E-state index is 13.3. The van der Waals surface area contributed by atoms with Gasteiger partial charge >= 0.3 is 11.9 Å². The summed E-state index contributed by atoms with van der Waals surface area (Å²) in [6.07, 6.45) is 27.1. The van der Waals surface area contributed by atoms with Gasteiger partial charge in [0.15, 0.2) is 17.3 Å². The highest BCUT2D eigenvalue weighted by molar-refractivity contribution is 5.87. The second-order valence-corrected chi connectivity index (χ2v) is 14.2. The monoisotopic (exact) mass is 760 g/mol. The molecule has 0 saturated carbocycles. The molecule has 2 N–H and O–H groups in total. The summed E-state index contributed by atoms with van der Waals surface area (Å²) in [5.74, 6) is -0.877. The minimum atomic E-state index is -0.899. The second-order valence-electron chi connectivity index (χ2n) is 14.2. The first-order chi connectivity index (χ1) is 26.2. The molecule has 0 radical (unpaired) electrons. The number of aliphatic hydroxyl groups excluding tert-OH is 2. The number of aromatic nitrogens is 2. The van der Waals surface area contributed by atoms with E-state index in [-0.39, 0.29) is 42.1 Å². The van der Waals surface area contributed by atoms with Crippen LogP contribution in [0.4, 0.5) is 0 Å². The highest BCUT2D eigenvalue weighted by Gasteiger charge is 2.39. The Bertz CT molecular complexity index is 1750. The van der Waals surface area contributed by atoms with E-state index in [1.807, 2.05) is 71.9 Å². The average molecular weight is 761 g/mol. The number of hydrogen-bond donors (Lipinski definition) is 2. The molecule has 0 aromatic carbocycles. The summed E-state index contributed by atoms with van der Waals surface area (Å²) >= 11 is 0. The molecule has 0 unspecified atom stereocenters. The zero-order valence-electron chi connectivity index (χ0n) is 33.0. The van der Waals surface area contributed by atoms with Crippen molar-refractivity contribution in [2.45, 2.75) is 104 Å². The number of cyclic esters (lactones) is 2. The minimum absolute atomic E-state index is 0.000434. The van der Waals surface area contributed by atoms with Crippen LogP contribution < -0.4 is 0 Å². The van der Waals surface area contributed by atoms with Gasteiger partial charge in [0.1, 0.15) is 30.8 Å². The highest BCUT2D eigenvalue weighted by Crippen LogP contribution is 2.33. The van der Waals surface area contributed by atoms with Crippen LogP contribution in [0, 0.1) is 10.8 Å². The van der Waals surface area contributed by atoms with Crippen LogP contribution in [0.1, 0.15) is 94.1 Å². The molecule has 0 amide bonds. The first-order valence-corrected chi connectivity index (χ1v) is 18.3. The summed E-state index contributed by atoms with van der Waals surface area (Å²) in [6.45, 7) is 12.8. The first kappa shape index (κ1) is 44.4. The number of fused-ring (bicyclic) bond motifs is 4. The van der Waals surface area contributed by atoms with Gasteiger partial charge in [0.05, 0.1) is 31.0 Å². The summed E-state index contributed by atoms with van der Waals surface area (Å²) in [5, 5.41) is 21.8. The number of nitrogens with zero attached hydrogens (tertiary/aromatic N) is 2. The molecule has 12 nitrogen and oxygen atoms in total. The predicted octanol–water partition coefficient (Wildman–Crippen LogP) is 7.85. The van der Waals surface area contributed by atoms with Crippen LogP contribution in [0.2, 0.25) is 0 Å². The molecule has 298 valence electrons. The maximum atomic E-state index is 13.3. The maximum Gasteiger partial charge on any atom is 0.360 e. The molecule has 4 bridgehead atoms. The molecule has 6 atom stereocenters. The Morgan fingerprint density at radius 2 is 1.35 bits per heavy atom. The van der Waals surface area contributed by atoms with Crippen molar-refractivity contribution >= 4 is 18.0 Å². The van der Waals surface area contributed by atoms with Gasteiger partial charge in [-0.25, -0.2) is 19.6 Å². The van der Waals surface area contributed by atoms with Gasteiger partial charge in [0.25, 0.3) is 0 Å². The number of methoxy groups -OCH3 is 1. The number of allylic oxidation sites excluding steroid dienone is 8. The van der Waals surface area contributed by atoms with Crippen LogP contribution >= 0.6 is 0 Å². The van der Waals surface area contributed by atoms with Gasteiger partial charge in [-0.05, 0) is 32.9 Å². The van der Waals surface area contributed by atoms with E-state index in [4.69, 9.17) is 27.8 Å². The van der Waals surface area contributed by atoms with E-state index in [2.05, 4.69) is 9.97 Å². The lowest BCUT2D eigenvalue weighted by molar-refractivity contribution is -0.0462. The number of aliphatic hydroxyl groups is 2. The molecule has 1 aliphatic rings. The predicted molar refractivity (Wildman–Crippen MR) is 210 cm³/mol. The zero-order chi connectivity index (χ0) is 40.4. The summed E-state index contributed by atoms with van der Waals surface area (Å²) in [7, 11) is 1.56. The summed E-state index contributed by atoms with van der Waals surface area (Å²) in [5.41, 5.74) is -1.71. The molecule has 3 rings (SSSR count). The van der Waals surface area contributed by atoms with Crippen molar-refractivity contribution in [2.24, 2.45) is 10.8 Å². The van der Waals surface area contributed by atoms with Crippen LogP contribution in [0.25, 0.3) is 6.08 Å². The Labute approximate surface area is 324 Å². The lowest BCUT2D eigenvalue weighted by Gasteiger charge is -2.36. The Kier molecular flexibility index (Phi) is 17.5. The summed E-state index contributed by atoms with van der Waals surface area (Å²) in [4.78, 5) is 35.1. The number of oxazole rings is 2. The molecule has 55 heavy (non-hydrogen) atoms. The van der Waals surface area contributed by atoms with Crippen molar-refractivity contribution in [2.75, 3.05) is 7.11 Å². The standard InChI is InChI=1S/C43H56N2O10/c1-9-19-34(46)42(4,5)36-23-15-13-11-12-14-22-31(50-8)27-39-45-33(29-53-39)41(49)55-37(43(6,7)35(47)20-10-2)24-18-26-51-30(3)21-16-17-25-38-44-32(28-52-38)40(48)54-36/h9-22,25-26,28-31,34-37,46-47H,23-24,27H2,1-8H3/b12-11-,15-13-,19-9+,20-10+,21-16+,22-14+,25-17-,26-18-/t30-,31+,34+,35+,36+,37+/m1/s1. The molecule has 0 saturated heterocycles. The normalized spacial score (nSPS) is 26.2. The lowest BCUT2D eigenvalue weighted by atomic mass is 9.79. The lowest BCUT2D eigenvalue weighted by Crippen LogP contribution is -2.42. The zero-order valence-corrected chi connectivity index (χ0v) is 33.0. The van der Waals surface area contributed by atoms with Gasteiger partial charge in [-0.15, -0.1) is 0 Å². The quantitative estimate of drug-likeness (QED) is 0.208. The fraction of sp³-hybridized carbons (Fsp3) is 0.442. The third-order valence-corrected chi connectivity index (χ3v) is 9.22. The molecule has 3 heterocycles. The molecule has 2 aromatic rings. The largest absolute Gasteiger partial charge is 0.495 e. The van der Waals surface area contributed by atoms with E-state index in [9.17, 15) is 19.8 Å². The fourth-order valence-corrected chi connectivity index (χ4v) is 5.35. The molecular weight excluding hydrogens is 704 g/mol. The highest BCUT2D eigenvalue weighted by atomic mass is 16.6. The fourth-order valence-electron chi connectivity index (χ4n) is 5.35. The summed E-state index contributed by atoms with van der Waals surface area (Å²) < 4.78 is 34.3. The smallest absolute Gasteiger partial charge is 0.360 e. The van der Waals surface area contributed by atoms with Gasteiger partial charge in [0, 0.05) is 36.9 Å². The van der Waals surface area contributed by atoms with E-state index in [0.29, 0.717) is 6.42 Å². The topological polar surface area (TPSA) is 164 Å². The molecule has 2 aromatic heterocycles. The Morgan fingerprint density at radius 3 is 1.96 bits per heavy atom. The van der Waals surface area contributed by atoms with E-state index in [1.165, 1.54) is 18.8 Å². The van der Waals surface area contributed by atoms with Crippen LogP contribution in [0.5, 0.6) is 0 Å². The third-order valence-electron chi connectivity index (χ3n) is 9.22. The number of esters is 2. The molecule has 1 aliphatic heterocycles. The Hall–Kier alpha value is -5.04. The number of carbonyl (C=O) groups is 2. The Morgan fingerprint density at radius 1 is 0.782 bits per heavy atom. The van der Waals surface area contributed by atoms with E-state index in [0.717, 1.165) is 0 Å². The molecule has 0 fully saturated rings. The number of hydrogen-bond acceptors (Lipinski definition) is 12. The van der Waals surface area contributed by atoms with Crippen molar-refractivity contribution in [3.05, 3.63) is 127 Å².